The Morgan fingerprint density at radius 2 is 1.61 bits per heavy atom. The molecule has 0 atom stereocenters. The predicted molar refractivity (Wildman–Crippen MR) is 141 cm³/mol. The molecule has 0 bridgehead atoms. The van der Waals surface area contributed by atoms with E-state index in [1.807, 2.05) is 0 Å². The highest BCUT2D eigenvalue weighted by Gasteiger charge is 2.31. The summed E-state index contributed by atoms with van der Waals surface area (Å²) in [6.45, 7) is 3.10. The van der Waals surface area contributed by atoms with Crippen molar-refractivity contribution in [2.45, 2.75) is 50.5 Å². The number of nitrogens with one attached hydrogen (secondary N) is 2. The maximum absolute atomic E-state index is 13.1. The molecule has 13 heteroatoms. The SMILES string of the molecule is COC(=O)NC(=O)c1c(NC(=O)c2ccc(S(=O)(=O)N3CCCCCC3)cc2)sc2c1CCN(C(C)=O)C2. The van der Waals surface area contributed by atoms with Gasteiger partial charge in [0, 0.05) is 37.0 Å². The fourth-order valence-corrected chi connectivity index (χ4v) is 7.36. The molecule has 0 aliphatic carbocycles. The molecule has 1 aromatic carbocycles. The first-order valence-electron chi connectivity index (χ1n) is 12.3. The average molecular weight is 563 g/mol. The smallest absolute Gasteiger partial charge is 0.413 e. The van der Waals surface area contributed by atoms with Crippen molar-refractivity contribution < 1.29 is 32.3 Å². The minimum absolute atomic E-state index is 0.106. The van der Waals surface area contributed by atoms with Crippen LogP contribution in [0.5, 0.6) is 0 Å². The van der Waals surface area contributed by atoms with Gasteiger partial charge in [0.1, 0.15) is 5.00 Å². The third-order valence-electron chi connectivity index (χ3n) is 6.68. The molecular weight excluding hydrogens is 532 g/mol. The highest BCUT2D eigenvalue weighted by molar-refractivity contribution is 7.89. The fourth-order valence-electron chi connectivity index (χ4n) is 4.59. The number of imide groups is 1. The molecule has 0 unspecified atom stereocenters. The molecule has 0 saturated carbocycles. The van der Waals surface area contributed by atoms with Gasteiger partial charge < -0.3 is 15.0 Å². The standard InChI is InChI=1S/C25H30N4O7S2/c1-16(30)28-14-11-19-20(15-28)37-24(21(19)23(32)27-25(33)36-2)26-22(31)17-7-9-18(10-8-17)38(34,35)29-12-5-3-4-6-13-29/h7-10H,3-6,11-15H2,1-2H3,(H,26,31)(H,27,32,33). The lowest BCUT2D eigenvalue weighted by atomic mass is 10.0. The number of anilines is 1. The maximum atomic E-state index is 13.1. The van der Waals surface area contributed by atoms with Crippen molar-refractivity contribution in [1.82, 2.24) is 14.5 Å². The zero-order chi connectivity index (χ0) is 27.4. The molecule has 3 heterocycles. The van der Waals surface area contributed by atoms with Crippen LogP contribution in [0.4, 0.5) is 9.80 Å². The number of carbonyl (C=O) groups excluding carboxylic acids is 4. The minimum atomic E-state index is -3.66. The zero-order valence-corrected chi connectivity index (χ0v) is 22.9. The number of fused-ring (bicyclic) bond motifs is 1. The van der Waals surface area contributed by atoms with E-state index < -0.39 is 27.9 Å². The molecule has 11 nitrogen and oxygen atoms in total. The van der Waals surface area contributed by atoms with Crippen LogP contribution in [0, 0.1) is 0 Å². The molecule has 0 radical (unpaired) electrons. The summed E-state index contributed by atoms with van der Waals surface area (Å²) in [7, 11) is -2.52. The number of hydrogen-bond acceptors (Lipinski definition) is 8. The summed E-state index contributed by atoms with van der Waals surface area (Å²) in [5.41, 5.74) is 1.01. The topological polar surface area (TPSA) is 142 Å². The van der Waals surface area contributed by atoms with Crippen LogP contribution in [0.2, 0.25) is 0 Å². The van der Waals surface area contributed by atoms with Gasteiger partial charge in [0.05, 0.1) is 24.1 Å². The number of alkyl carbamates (subject to hydrolysis) is 1. The molecule has 1 aromatic heterocycles. The molecule has 38 heavy (non-hydrogen) atoms. The van der Waals surface area contributed by atoms with E-state index >= 15 is 0 Å². The van der Waals surface area contributed by atoms with E-state index in [1.165, 1.54) is 35.5 Å². The first-order valence-corrected chi connectivity index (χ1v) is 14.6. The summed E-state index contributed by atoms with van der Waals surface area (Å²) in [4.78, 5) is 52.1. The zero-order valence-electron chi connectivity index (χ0n) is 21.2. The van der Waals surface area contributed by atoms with Crippen LogP contribution in [0.15, 0.2) is 29.2 Å². The summed E-state index contributed by atoms with van der Waals surface area (Å²) in [6, 6.07) is 5.67. The second-order valence-corrected chi connectivity index (χ2v) is 12.2. The normalized spacial score (nSPS) is 16.2. The predicted octanol–water partition coefficient (Wildman–Crippen LogP) is 2.97. The third-order valence-corrected chi connectivity index (χ3v) is 9.72. The summed E-state index contributed by atoms with van der Waals surface area (Å²) >= 11 is 1.16. The molecule has 2 N–H and O–H groups in total. The molecule has 1 saturated heterocycles. The van der Waals surface area contributed by atoms with Crippen LogP contribution >= 0.6 is 11.3 Å². The monoisotopic (exact) mass is 562 g/mol. The van der Waals surface area contributed by atoms with E-state index in [1.54, 1.807) is 4.90 Å². The molecule has 4 rings (SSSR count). The van der Waals surface area contributed by atoms with Gasteiger partial charge in [-0.1, -0.05) is 12.8 Å². The van der Waals surface area contributed by atoms with Gasteiger partial charge in [-0.3, -0.25) is 19.7 Å². The maximum Gasteiger partial charge on any atom is 0.413 e. The van der Waals surface area contributed by atoms with E-state index in [4.69, 9.17) is 0 Å². The Bertz CT molecular complexity index is 1340. The number of amides is 4. The Kier molecular flexibility index (Phi) is 8.48. The summed E-state index contributed by atoms with van der Waals surface area (Å²) in [5.74, 6) is -1.37. The van der Waals surface area contributed by atoms with E-state index in [0.717, 1.165) is 49.0 Å². The van der Waals surface area contributed by atoms with Gasteiger partial charge in [-0.25, -0.2) is 13.2 Å². The van der Waals surface area contributed by atoms with Gasteiger partial charge in [-0.15, -0.1) is 11.3 Å². The van der Waals surface area contributed by atoms with Gasteiger partial charge in [0.25, 0.3) is 11.8 Å². The Hall–Kier alpha value is -3.29. The molecule has 0 spiro atoms. The highest BCUT2D eigenvalue weighted by atomic mass is 32.2. The molecular formula is C25H30N4O7S2. The fraction of sp³-hybridized carbons (Fsp3) is 0.440. The average Bonchev–Trinajstić information content (AvgIpc) is 3.04. The number of nitrogens with zero attached hydrogens (tertiary/aromatic N) is 2. The second-order valence-electron chi connectivity index (χ2n) is 9.14. The van der Waals surface area contributed by atoms with Gasteiger partial charge >= 0.3 is 6.09 Å². The molecule has 2 aliphatic heterocycles. The lowest BCUT2D eigenvalue weighted by Gasteiger charge is -2.25. The van der Waals surface area contributed by atoms with Gasteiger partial charge in [0.2, 0.25) is 15.9 Å². The first kappa shape index (κ1) is 27.7. The van der Waals surface area contributed by atoms with Crippen molar-refractivity contribution in [2.75, 3.05) is 32.1 Å². The largest absolute Gasteiger partial charge is 0.453 e. The van der Waals surface area contributed by atoms with E-state index in [0.29, 0.717) is 31.6 Å². The van der Waals surface area contributed by atoms with Gasteiger partial charge in [0.15, 0.2) is 0 Å². The number of thiophene rings is 1. The van der Waals surface area contributed by atoms with Crippen molar-refractivity contribution in [1.29, 1.82) is 0 Å². The summed E-state index contributed by atoms with van der Waals surface area (Å²) in [5, 5.41) is 5.10. The van der Waals surface area contributed by atoms with Crippen molar-refractivity contribution in [3.63, 3.8) is 0 Å². The minimum Gasteiger partial charge on any atom is -0.453 e. The van der Waals surface area contributed by atoms with Crippen molar-refractivity contribution >= 4 is 50.2 Å². The van der Waals surface area contributed by atoms with Gasteiger partial charge in [-0.2, -0.15) is 4.31 Å². The second kappa shape index (κ2) is 11.6. The highest BCUT2D eigenvalue weighted by Crippen LogP contribution is 2.37. The van der Waals surface area contributed by atoms with Crippen molar-refractivity contribution in [3.8, 4) is 0 Å². The van der Waals surface area contributed by atoms with Crippen LogP contribution in [0.25, 0.3) is 0 Å². The summed E-state index contributed by atoms with van der Waals surface area (Å²) < 4.78 is 32.1. The Labute approximate surface area is 225 Å². The lowest BCUT2D eigenvalue weighted by molar-refractivity contribution is -0.129. The number of carbonyl (C=O) groups is 4. The quantitative estimate of drug-likeness (QED) is 0.571. The first-order chi connectivity index (χ1) is 18.1. The molecule has 204 valence electrons. The Balaban J connectivity index is 1.57. The Morgan fingerprint density at radius 1 is 0.947 bits per heavy atom. The van der Waals surface area contributed by atoms with E-state index in [2.05, 4.69) is 15.4 Å². The van der Waals surface area contributed by atoms with E-state index in [-0.39, 0.29) is 33.5 Å². The number of rotatable bonds is 5. The van der Waals surface area contributed by atoms with E-state index in [9.17, 15) is 27.6 Å². The van der Waals surface area contributed by atoms with Crippen LogP contribution in [0.3, 0.4) is 0 Å². The molecule has 2 aliphatic rings. The number of hydrogen-bond donors (Lipinski definition) is 2. The Morgan fingerprint density at radius 3 is 2.21 bits per heavy atom. The number of methoxy groups -OCH3 is 1. The van der Waals surface area contributed by atoms with Crippen LogP contribution in [-0.4, -0.2) is 68.2 Å². The van der Waals surface area contributed by atoms with Crippen LogP contribution in [-0.2, 0) is 32.5 Å². The number of sulfonamides is 1. The van der Waals surface area contributed by atoms with Crippen LogP contribution < -0.4 is 10.6 Å². The van der Waals surface area contributed by atoms with Crippen molar-refractivity contribution in [3.05, 3.63) is 45.8 Å². The summed E-state index contributed by atoms with van der Waals surface area (Å²) in [6.07, 6.45) is 3.10. The molecule has 4 amide bonds. The van der Waals surface area contributed by atoms with Gasteiger partial charge in [-0.05, 0) is 49.1 Å². The number of benzene rings is 1. The molecule has 2 aromatic rings. The third kappa shape index (κ3) is 5.89. The van der Waals surface area contributed by atoms with Crippen molar-refractivity contribution in [2.24, 2.45) is 0 Å². The lowest BCUT2D eigenvalue weighted by Crippen LogP contribution is -2.35. The van der Waals surface area contributed by atoms with Crippen LogP contribution in [0.1, 0.15) is 63.8 Å². The molecule has 1 fully saturated rings. The number of ether oxygens (including phenoxy) is 1.